The van der Waals surface area contributed by atoms with Crippen molar-refractivity contribution in [1.82, 2.24) is 10.6 Å². The Hall–Kier alpha value is -1.56. The van der Waals surface area contributed by atoms with Crippen LogP contribution in [-0.4, -0.2) is 23.1 Å². The quantitative estimate of drug-likeness (QED) is 0.723. The van der Waals surface area contributed by atoms with Gasteiger partial charge in [-0.15, -0.1) is 11.3 Å². The van der Waals surface area contributed by atoms with Crippen LogP contribution in [-0.2, 0) is 17.8 Å². The predicted molar refractivity (Wildman–Crippen MR) is 77.8 cm³/mol. The fraction of sp³-hybridized carbons (Fsp3) is 0.571. The van der Waals surface area contributed by atoms with Crippen LogP contribution in [0.4, 0.5) is 4.79 Å². The van der Waals surface area contributed by atoms with Crippen molar-refractivity contribution in [2.45, 2.75) is 45.2 Å². The maximum atomic E-state index is 11.9. The molecule has 20 heavy (non-hydrogen) atoms. The Balaban J connectivity index is 1.80. The number of carboxylic acids is 1. The summed E-state index contributed by atoms with van der Waals surface area (Å²) < 4.78 is 0. The smallest absolute Gasteiger partial charge is 0.315 e. The van der Waals surface area contributed by atoms with Gasteiger partial charge in [0.05, 0.1) is 13.0 Å². The summed E-state index contributed by atoms with van der Waals surface area (Å²) in [5, 5.41) is 16.5. The summed E-state index contributed by atoms with van der Waals surface area (Å²) in [5.74, 6) is -0.543. The summed E-state index contributed by atoms with van der Waals surface area (Å²) in [4.78, 5) is 23.8. The van der Waals surface area contributed by atoms with Gasteiger partial charge < -0.3 is 15.7 Å². The lowest BCUT2D eigenvalue weighted by Crippen LogP contribution is -2.43. The van der Waals surface area contributed by atoms with Gasteiger partial charge in [0.1, 0.15) is 0 Å². The molecule has 110 valence electrons. The normalized spacial score (nSPS) is 15.7. The molecule has 0 spiro atoms. The summed E-state index contributed by atoms with van der Waals surface area (Å²) >= 11 is 1.63. The molecule has 1 aliphatic carbocycles. The molecule has 6 heteroatoms. The third-order valence-corrected chi connectivity index (χ3v) is 4.49. The Morgan fingerprint density at radius 2 is 2.25 bits per heavy atom. The van der Waals surface area contributed by atoms with Crippen molar-refractivity contribution >= 4 is 23.3 Å². The van der Waals surface area contributed by atoms with Crippen molar-refractivity contribution in [2.24, 2.45) is 5.92 Å². The summed E-state index contributed by atoms with van der Waals surface area (Å²) in [5.41, 5.74) is 1.25. The number of urea groups is 1. The van der Waals surface area contributed by atoms with Gasteiger partial charge in [0.15, 0.2) is 0 Å². The summed E-state index contributed by atoms with van der Waals surface area (Å²) in [6, 6.07) is 1.54. The van der Waals surface area contributed by atoms with Crippen LogP contribution in [0.25, 0.3) is 0 Å². The zero-order valence-electron chi connectivity index (χ0n) is 11.5. The number of amides is 2. The van der Waals surface area contributed by atoms with E-state index in [9.17, 15) is 9.59 Å². The van der Waals surface area contributed by atoms with Gasteiger partial charge in [-0.25, -0.2) is 4.79 Å². The van der Waals surface area contributed by atoms with E-state index in [0.29, 0.717) is 12.5 Å². The van der Waals surface area contributed by atoms with Gasteiger partial charge in [-0.1, -0.05) is 6.92 Å². The SMILES string of the molecule is CCc1ccsc1CNC(=O)NC(CC(=O)O)C1CC1. The average molecular weight is 296 g/mol. The molecule has 1 aromatic heterocycles. The van der Waals surface area contributed by atoms with Gasteiger partial charge in [0.25, 0.3) is 0 Å². The second kappa shape index (κ2) is 6.74. The monoisotopic (exact) mass is 296 g/mol. The van der Waals surface area contributed by atoms with Gasteiger partial charge in [-0.3, -0.25) is 4.79 Å². The molecule has 0 aliphatic heterocycles. The zero-order chi connectivity index (χ0) is 14.5. The van der Waals surface area contributed by atoms with Crippen molar-refractivity contribution in [2.75, 3.05) is 0 Å². The van der Waals surface area contributed by atoms with E-state index in [1.54, 1.807) is 11.3 Å². The van der Waals surface area contributed by atoms with E-state index < -0.39 is 5.97 Å². The molecule has 0 radical (unpaired) electrons. The number of nitrogens with one attached hydrogen (secondary N) is 2. The van der Waals surface area contributed by atoms with Gasteiger partial charge in [0.2, 0.25) is 0 Å². The molecular formula is C14H20N2O3S. The van der Waals surface area contributed by atoms with E-state index >= 15 is 0 Å². The fourth-order valence-corrected chi connectivity index (χ4v) is 3.16. The summed E-state index contributed by atoms with van der Waals surface area (Å²) in [7, 11) is 0. The lowest BCUT2D eigenvalue weighted by molar-refractivity contribution is -0.137. The lowest BCUT2D eigenvalue weighted by atomic mass is 10.1. The number of aryl methyl sites for hydroxylation is 1. The maximum absolute atomic E-state index is 11.9. The first-order chi connectivity index (χ1) is 9.60. The van der Waals surface area contributed by atoms with Crippen LogP contribution in [0.1, 0.15) is 36.6 Å². The van der Waals surface area contributed by atoms with Crippen LogP contribution in [0.15, 0.2) is 11.4 Å². The molecular weight excluding hydrogens is 276 g/mol. The van der Waals surface area contributed by atoms with Gasteiger partial charge >= 0.3 is 12.0 Å². The van der Waals surface area contributed by atoms with Gasteiger partial charge in [-0.05, 0) is 42.2 Å². The van der Waals surface area contributed by atoms with Crippen LogP contribution in [0.3, 0.4) is 0 Å². The highest BCUT2D eigenvalue weighted by molar-refractivity contribution is 7.10. The number of hydrogen-bond acceptors (Lipinski definition) is 3. The first-order valence-electron chi connectivity index (χ1n) is 6.91. The summed E-state index contributed by atoms with van der Waals surface area (Å²) in [6.45, 7) is 2.58. The van der Waals surface area contributed by atoms with Gasteiger partial charge in [-0.2, -0.15) is 0 Å². The molecule has 1 unspecified atom stereocenters. The van der Waals surface area contributed by atoms with Gasteiger partial charge in [0, 0.05) is 10.9 Å². The number of carboxylic acid groups (broad SMARTS) is 1. The van der Waals surface area contributed by atoms with E-state index in [2.05, 4.69) is 23.6 Å². The Labute approximate surface area is 122 Å². The number of aliphatic carboxylic acids is 1. The highest BCUT2D eigenvalue weighted by Gasteiger charge is 2.33. The minimum Gasteiger partial charge on any atom is -0.481 e. The molecule has 2 rings (SSSR count). The molecule has 5 nitrogen and oxygen atoms in total. The average Bonchev–Trinajstić information content (AvgIpc) is 3.14. The lowest BCUT2D eigenvalue weighted by Gasteiger charge is -2.16. The molecule has 1 atom stereocenters. The third-order valence-electron chi connectivity index (χ3n) is 3.53. The van der Waals surface area contributed by atoms with Crippen molar-refractivity contribution in [3.05, 3.63) is 21.9 Å². The molecule has 0 bridgehead atoms. The van der Waals surface area contributed by atoms with E-state index in [4.69, 9.17) is 5.11 Å². The standard InChI is InChI=1S/C14H20N2O3S/c1-2-9-5-6-20-12(9)8-15-14(19)16-11(7-13(17)18)10-3-4-10/h5-6,10-11H,2-4,7-8H2,1H3,(H,17,18)(H2,15,16,19). The molecule has 0 saturated heterocycles. The summed E-state index contributed by atoms with van der Waals surface area (Å²) in [6.07, 6.45) is 2.95. The van der Waals surface area contributed by atoms with Crippen molar-refractivity contribution < 1.29 is 14.7 Å². The van der Waals surface area contributed by atoms with Crippen LogP contribution < -0.4 is 10.6 Å². The number of hydrogen-bond donors (Lipinski definition) is 3. The maximum Gasteiger partial charge on any atom is 0.315 e. The van der Waals surface area contributed by atoms with Crippen LogP contribution >= 0.6 is 11.3 Å². The Morgan fingerprint density at radius 3 is 2.85 bits per heavy atom. The van der Waals surface area contributed by atoms with E-state index in [1.807, 2.05) is 5.38 Å². The Kier molecular flexibility index (Phi) is 5.00. The zero-order valence-corrected chi connectivity index (χ0v) is 12.3. The molecule has 3 N–H and O–H groups in total. The second-order valence-corrected chi connectivity index (χ2v) is 6.09. The Morgan fingerprint density at radius 1 is 1.50 bits per heavy atom. The van der Waals surface area contributed by atoms with E-state index in [1.165, 1.54) is 5.56 Å². The first-order valence-corrected chi connectivity index (χ1v) is 7.79. The van der Waals surface area contributed by atoms with Crippen LogP contribution in [0, 0.1) is 5.92 Å². The number of thiophene rings is 1. The third kappa shape index (κ3) is 4.23. The van der Waals surface area contributed by atoms with Crippen molar-refractivity contribution in [3.8, 4) is 0 Å². The Bertz CT molecular complexity index is 483. The molecule has 1 saturated carbocycles. The molecule has 1 heterocycles. The largest absolute Gasteiger partial charge is 0.481 e. The molecule has 0 aromatic carbocycles. The molecule has 1 aliphatic rings. The van der Waals surface area contributed by atoms with Crippen molar-refractivity contribution in [3.63, 3.8) is 0 Å². The topological polar surface area (TPSA) is 78.4 Å². The van der Waals surface area contributed by atoms with Crippen LogP contribution in [0.5, 0.6) is 0 Å². The van der Waals surface area contributed by atoms with Crippen molar-refractivity contribution in [1.29, 1.82) is 0 Å². The van der Waals surface area contributed by atoms with Crippen LogP contribution in [0.2, 0.25) is 0 Å². The molecule has 1 aromatic rings. The fourth-order valence-electron chi connectivity index (χ4n) is 2.24. The number of carbonyl (C=O) groups excluding carboxylic acids is 1. The molecule has 2 amide bonds. The first kappa shape index (κ1) is 14.8. The highest BCUT2D eigenvalue weighted by Crippen LogP contribution is 2.34. The highest BCUT2D eigenvalue weighted by atomic mass is 32.1. The van der Waals surface area contributed by atoms with E-state index in [0.717, 1.165) is 24.1 Å². The minimum atomic E-state index is -0.867. The minimum absolute atomic E-state index is 0.00268. The second-order valence-electron chi connectivity index (χ2n) is 5.09. The van der Waals surface area contributed by atoms with E-state index in [-0.39, 0.29) is 18.5 Å². The number of carbonyl (C=O) groups is 2. The molecule has 1 fully saturated rings. The predicted octanol–water partition coefficient (Wildman–Crippen LogP) is 2.36. The number of rotatable bonds is 7.